The van der Waals surface area contributed by atoms with Gasteiger partial charge in [-0.1, -0.05) is 54.5 Å². The van der Waals surface area contributed by atoms with Crippen LogP contribution >= 0.6 is 0 Å². The predicted octanol–water partition coefficient (Wildman–Crippen LogP) is 3.41. The SMILES string of the molecule is CN1CN(Cc2ccccc2)C(=O)C2=C1CCN(CC#Cc1cc3ccccc3[nH]1)C2. The Morgan fingerprint density at radius 3 is 2.71 bits per heavy atom. The van der Waals surface area contributed by atoms with Crippen molar-refractivity contribution >= 4 is 16.8 Å². The molecule has 5 nitrogen and oxygen atoms in total. The highest BCUT2D eigenvalue weighted by Crippen LogP contribution is 2.27. The first-order chi connectivity index (χ1) is 15.2. The number of H-pyrrole nitrogens is 1. The third-order valence-electron chi connectivity index (χ3n) is 6.06. The van der Waals surface area contributed by atoms with Crippen molar-refractivity contribution in [1.29, 1.82) is 0 Å². The average Bonchev–Trinajstić information content (AvgIpc) is 3.21. The fourth-order valence-electron chi connectivity index (χ4n) is 4.47. The Kier molecular flexibility index (Phi) is 5.23. The molecule has 3 aromatic rings. The third kappa shape index (κ3) is 4.08. The molecule has 0 saturated heterocycles. The van der Waals surface area contributed by atoms with Gasteiger partial charge >= 0.3 is 0 Å². The largest absolute Gasteiger partial charge is 0.360 e. The highest BCUT2D eigenvalue weighted by Gasteiger charge is 2.33. The third-order valence-corrected chi connectivity index (χ3v) is 6.06. The van der Waals surface area contributed by atoms with Crippen molar-refractivity contribution in [3.63, 3.8) is 0 Å². The topological polar surface area (TPSA) is 42.6 Å². The fourth-order valence-corrected chi connectivity index (χ4v) is 4.47. The first kappa shape index (κ1) is 19.5. The van der Waals surface area contributed by atoms with Gasteiger partial charge in [-0.05, 0) is 23.6 Å². The summed E-state index contributed by atoms with van der Waals surface area (Å²) in [4.78, 5) is 23.0. The molecular formula is C26H26N4O. The van der Waals surface area contributed by atoms with E-state index in [0.717, 1.165) is 35.3 Å². The fraction of sp³-hybridized carbons (Fsp3) is 0.269. The summed E-state index contributed by atoms with van der Waals surface area (Å²) in [5.74, 6) is 6.69. The van der Waals surface area contributed by atoms with Crippen molar-refractivity contribution in [2.45, 2.75) is 13.0 Å². The van der Waals surface area contributed by atoms with Crippen molar-refractivity contribution in [1.82, 2.24) is 19.7 Å². The van der Waals surface area contributed by atoms with Crippen LogP contribution in [0.2, 0.25) is 0 Å². The zero-order valence-electron chi connectivity index (χ0n) is 17.8. The van der Waals surface area contributed by atoms with Crippen LogP contribution in [-0.2, 0) is 11.3 Å². The number of hydrogen-bond acceptors (Lipinski definition) is 3. The molecule has 2 aliphatic heterocycles. The first-order valence-corrected chi connectivity index (χ1v) is 10.7. The van der Waals surface area contributed by atoms with Gasteiger partial charge in [0.25, 0.3) is 5.91 Å². The number of carbonyl (C=O) groups is 1. The maximum absolute atomic E-state index is 13.2. The van der Waals surface area contributed by atoms with Crippen LogP contribution in [0.5, 0.6) is 0 Å². The summed E-state index contributed by atoms with van der Waals surface area (Å²) in [5, 5.41) is 1.17. The lowest BCUT2D eigenvalue weighted by Gasteiger charge is -2.42. The van der Waals surface area contributed by atoms with E-state index in [9.17, 15) is 4.79 Å². The minimum Gasteiger partial charge on any atom is -0.360 e. The van der Waals surface area contributed by atoms with Gasteiger partial charge in [0.05, 0.1) is 24.5 Å². The Balaban J connectivity index is 1.27. The summed E-state index contributed by atoms with van der Waals surface area (Å²) in [6.45, 7) is 3.53. The van der Waals surface area contributed by atoms with Crippen LogP contribution in [0.3, 0.4) is 0 Å². The Hall–Kier alpha value is -3.49. The zero-order valence-corrected chi connectivity index (χ0v) is 17.8. The van der Waals surface area contributed by atoms with Gasteiger partial charge in [0.15, 0.2) is 0 Å². The highest BCUT2D eigenvalue weighted by atomic mass is 16.2. The number of nitrogens with one attached hydrogen (secondary N) is 1. The number of aromatic amines is 1. The molecule has 0 saturated carbocycles. The number of aromatic nitrogens is 1. The molecule has 0 radical (unpaired) electrons. The number of amides is 1. The molecule has 0 aliphatic carbocycles. The van der Waals surface area contributed by atoms with Crippen molar-refractivity contribution in [2.75, 3.05) is 33.4 Å². The van der Waals surface area contributed by atoms with E-state index in [4.69, 9.17) is 0 Å². The van der Waals surface area contributed by atoms with Crippen molar-refractivity contribution in [3.8, 4) is 11.8 Å². The van der Waals surface area contributed by atoms with E-state index in [1.807, 2.05) is 35.2 Å². The van der Waals surface area contributed by atoms with Crippen LogP contribution in [0, 0.1) is 11.8 Å². The lowest BCUT2D eigenvalue weighted by atomic mass is 10.0. The van der Waals surface area contributed by atoms with Gasteiger partial charge in [0.1, 0.15) is 0 Å². The maximum Gasteiger partial charge on any atom is 0.254 e. The van der Waals surface area contributed by atoms with Gasteiger partial charge < -0.3 is 14.8 Å². The Bertz CT molecular complexity index is 1170. The number of hydrogen-bond donors (Lipinski definition) is 1. The maximum atomic E-state index is 13.2. The normalized spacial score (nSPS) is 17.0. The number of nitrogens with zero attached hydrogens (tertiary/aromatic N) is 3. The second-order valence-electron chi connectivity index (χ2n) is 8.29. The molecule has 0 bridgehead atoms. The smallest absolute Gasteiger partial charge is 0.254 e. The lowest BCUT2D eigenvalue weighted by Crippen LogP contribution is -2.50. The molecule has 3 heterocycles. The van der Waals surface area contributed by atoms with Crippen LogP contribution in [0.4, 0.5) is 0 Å². The van der Waals surface area contributed by atoms with Crippen LogP contribution in [-0.4, -0.2) is 58.9 Å². The summed E-state index contributed by atoms with van der Waals surface area (Å²) in [6.07, 6.45) is 0.894. The Morgan fingerprint density at radius 1 is 1.06 bits per heavy atom. The number of fused-ring (bicyclic) bond motifs is 1. The van der Waals surface area contributed by atoms with Crippen LogP contribution in [0.1, 0.15) is 17.7 Å². The van der Waals surface area contributed by atoms with Gasteiger partial charge in [0, 0.05) is 49.7 Å². The van der Waals surface area contributed by atoms with Crippen LogP contribution in [0.15, 0.2) is 71.9 Å². The van der Waals surface area contributed by atoms with Gasteiger partial charge in [-0.25, -0.2) is 0 Å². The molecule has 31 heavy (non-hydrogen) atoms. The monoisotopic (exact) mass is 410 g/mol. The molecule has 5 rings (SSSR count). The Morgan fingerprint density at radius 2 is 1.87 bits per heavy atom. The standard InChI is InChI=1S/C26H26N4O/c1-28-19-30(17-20-8-3-2-4-9-20)26(31)23-18-29(15-13-25(23)28)14-7-11-22-16-21-10-5-6-12-24(21)27-22/h2-6,8-10,12,16,27H,13-15,17-19H2,1H3. The molecule has 0 unspecified atom stereocenters. The van der Waals surface area contributed by atoms with E-state index in [1.54, 1.807) is 0 Å². The number of para-hydroxylation sites is 1. The van der Waals surface area contributed by atoms with Gasteiger partial charge in [-0.2, -0.15) is 0 Å². The summed E-state index contributed by atoms with van der Waals surface area (Å²) in [7, 11) is 2.09. The molecule has 2 aromatic carbocycles. The van der Waals surface area contributed by atoms with Crippen molar-refractivity contribution in [3.05, 3.63) is 83.2 Å². The highest BCUT2D eigenvalue weighted by molar-refractivity contribution is 5.95. The van der Waals surface area contributed by atoms with E-state index in [0.29, 0.717) is 26.3 Å². The molecular weight excluding hydrogens is 384 g/mol. The number of rotatable bonds is 3. The van der Waals surface area contributed by atoms with Crippen molar-refractivity contribution < 1.29 is 4.79 Å². The second kappa shape index (κ2) is 8.33. The molecule has 2 aliphatic rings. The van der Waals surface area contributed by atoms with Crippen LogP contribution in [0.25, 0.3) is 10.9 Å². The molecule has 0 atom stereocenters. The molecule has 0 spiro atoms. The molecule has 0 fully saturated rings. The zero-order chi connectivity index (χ0) is 21.2. The predicted molar refractivity (Wildman–Crippen MR) is 123 cm³/mol. The molecule has 156 valence electrons. The second-order valence-corrected chi connectivity index (χ2v) is 8.29. The van der Waals surface area contributed by atoms with E-state index < -0.39 is 0 Å². The first-order valence-electron chi connectivity index (χ1n) is 10.7. The summed E-state index contributed by atoms with van der Waals surface area (Å²) >= 11 is 0. The quantitative estimate of drug-likeness (QED) is 0.673. The summed E-state index contributed by atoms with van der Waals surface area (Å²) < 4.78 is 0. The Labute approximate surface area is 182 Å². The van der Waals surface area contributed by atoms with E-state index in [-0.39, 0.29) is 5.91 Å². The average molecular weight is 411 g/mol. The molecule has 1 aromatic heterocycles. The molecule has 5 heteroatoms. The summed E-state index contributed by atoms with van der Waals surface area (Å²) in [6, 6.07) is 20.5. The van der Waals surface area contributed by atoms with Gasteiger partial charge in [-0.3, -0.25) is 9.69 Å². The molecule has 1 N–H and O–H groups in total. The van der Waals surface area contributed by atoms with Gasteiger partial charge in [0.2, 0.25) is 0 Å². The minimum atomic E-state index is 0.158. The number of carbonyl (C=O) groups excluding carboxylic acids is 1. The summed E-state index contributed by atoms with van der Waals surface area (Å²) in [5.41, 5.74) is 5.30. The minimum absolute atomic E-state index is 0.158. The van der Waals surface area contributed by atoms with Crippen molar-refractivity contribution in [2.24, 2.45) is 0 Å². The van der Waals surface area contributed by atoms with E-state index >= 15 is 0 Å². The van der Waals surface area contributed by atoms with Gasteiger partial charge in [-0.15, -0.1) is 0 Å². The van der Waals surface area contributed by atoms with Crippen LogP contribution < -0.4 is 0 Å². The number of benzene rings is 2. The van der Waals surface area contributed by atoms with E-state index in [2.05, 4.69) is 64.0 Å². The van der Waals surface area contributed by atoms with E-state index in [1.165, 1.54) is 11.1 Å². The lowest BCUT2D eigenvalue weighted by molar-refractivity contribution is -0.131. The molecule has 1 amide bonds.